The molecule has 3 heteroatoms. The van der Waals surface area contributed by atoms with Crippen LogP contribution in [-0.2, 0) is 12.8 Å². The minimum Gasteiger partial charge on any atom is -0.323 e. The summed E-state index contributed by atoms with van der Waals surface area (Å²) in [7, 11) is 0. The van der Waals surface area contributed by atoms with Crippen molar-refractivity contribution >= 4 is 10.8 Å². The van der Waals surface area contributed by atoms with Crippen LogP contribution in [0.3, 0.4) is 0 Å². The number of rotatable bonds is 2. The van der Waals surface area contributed by atoms with Crippen molar-refractivity contribution in [2.45, 2.75) is 32.2 Å². The van der Waals surface area contributed by atoms with Crippen molar-refractivity contribution < 1.29 is 0 Å². The maximum absolute atomic E-state index is 13.5. The summed E-state index contributed by atoms with van der Waals surface area (Å²) in [6.45, 7) is 1.94. The maximum Gasteiger partial charge on any atom is 0.264 e. The first-order valence-corrected chi connectivity index (χ1v) is 8.64. The van der Waals surface area contributed by atoms with Crippen LogP contribution in [0.1, 0.15) is 41.8 Å². The van der Waals surface area contributed by atoms with E-state index in [0.29, 0.717) is 10.9 Å². The molecule has 1 aromatic heterocycles. The van der Waals surface area contributed by atoms with E-state index in [1.54, 1.807) is 4.57 Å². The lowest BCUT2D eigenvalue weighted by molar-refractivity contribution is 0.695. The van der Waals surface area contributed by atoms with Crippen LogP contribution in [0.4, 0.5) is 0 Å². The van der Waals surface area contributed by atoms with E-state index in [1.165, 1.54) is 11.1 Å². The van der Waals surface area contributed by atoms with Gasteiger partial charge in [0.15, 0.2) is 0 Å². The summed E-state index contributed by atoms with van der Waals surface area (Å²) < 4.78 is 1.76. The van der Waals surface area contributed by atoms with Crippen molar-refractivity contribution in [2.75, 3.05) is 0 Å². The van der Waals surface area contributed by atoms with E-state index in [1.807, 2.05) is 43.3 Å². The largest absolute Gasteiger partial charge is 0.323 e. The van der Waals surface area contributed by atoms with Crippen molar-refractivity contribution in [3.63, 3.8) is 0 Å². The van der Waals surface area contributed by atoms with Crippen LogP contribution in [-0.4, -0.2) is 4.57 Å². The maximum atomic E-state index is 13.5. The van der Waals surface area contributed by atoms with Gasteiger partial charge in [-0.15, -0.1) is 6.42 Å². The molecule has 1 heterocycles. The summed E-state index contributed by atoms with van der Waals surface area (Å²) in [6.07, 6.45) is 8.66. The zero-order chi connectivity index (χ0) is 17.6. The summed E-state index contributed by atoms with van der Waals surface area (Å²) in [5.74, 6) is 2.70. The summed E-state index contributed by atoms with van der Waals surface area (Å²) in [5.41, 5.74) is 11.0. The van der Waals surface area contributed by atoms with E-state index in [4.69, 9.17) is 12.2 Å². The van der Waals surface area contributed by atoms with Gasteiger partial charge in [-0.1, -0.05) is 30.2 Å². The monoisotopic (exact) mass is 328 g/mol. The Bertz CT molecular complexity index is 1070. The van der Waals surface area contributed by atoms with Gasteiger partial charge in [0.25, 0.3) is 5.56 Å². The van der Waals surface area contributed by atoms with Crippen LogP contribution >= 0.6 is 0 Å². The van der Waals surface area contributed by atoms with Gasteiger partial charge in [0.2, 0.25) is 0 Å². The normalized spacial score (nSPS) is 14.3. The van der Waals surface area contributed by atoms with Gasteiger partial charge in [0, 0.05) is 23.0 Å². The molecule has 2 aromatic carbocycles. The second-order valence-electron chi connectivity index (χ2n) is 6.65. The lowest BCUT2D eigenvalue weighted by Crippen LogP contribution is -2.29. The Hall–Kier alpha value is -2.83. The van der Waals surface area contributed by atoms with Crippen LogP contribution < -0.4 is 11.3 Å². The predicted octanol–water partition coefficient (Wildman–Crippen LogP) is 3.48. The average Bonchev–Trinajstić information content (AvgIpc) is 2.64. The third-order valence-corrected chi connectivity index (χ3v) is 5.03. The Kier molecular flexibility index (Phi) is 3.71. The number of aromatic nitrogens is 1. The van der Waals surface area contributed by atoms with Gasteiger partial charge >= 0.3 is 0 Å². The highest BCUT2D eigenvalue weighted by molar-refractivity contribution is 5.94. The van der Waals surface area contributed by atoms with Crippen molar-refractivity contribution in [3.05, 3.63) is 75.2 Å². The molecule has 1 aliphatic carbocycles. The molecule has 0 saturated carbocycles. The number of terminal acetylenes is 1. The highest BCUT2D eigenvalue weighted by Gasteiger charge is 2.25. The lowest BCUT2D eigenvalue weighted by Gasteiger charge is -2.26. The molecule has 1 unspecified atom stereocenters. The summed E-state index contributed by atoms with van der Waals surface area (Å²) >= 11 is 0. The van der Waals surface area contributed by atoms with E-state index >= 15 is 0 Å². The second-order valence-corrected chi connectivity index (χ2v) is 6.65. The van der Waals surface area contributed by atoms with Crippen LogP contribution in [0.25, 0.3) is 16.5 Å². The molecule has 3 nitrogen and oxygen atoms in total. The first-order valence-electron chi connectivity index (χ1n) is 8.64. The number of hydrogen-bond acceptors (Lipinski definition) is 2. The zero-order valence-electron chi connectivity index (χ0n) is 14.3. The molecule has 25 heavy (non-hydrogen) atoms. The molecule has 0 aliphatic heterocycles. The Balaban J connectivity index is 2.27. The molecule has 3 aromatic rings. The topological polar surface area (TPSA) is 48.0 Å². The SMILES string of the molecule is C#Cc1ccc2c3c(c(C(C)N)n(-c4ccccc4)c(=O)c13)CCC2. The summed E-state index contributed by atoms with van der Waals surface area (Å²) in [5, 5.41) is 1.69. The molecular formula is C22H20N2O. The van der Waals surface area contributed by atoms with Gasteiger partial charge in [0.1, 0.15) is 0 Å². The molecule has 0 amide bonds. The van der Waals surface area contributed by atoms with Gasteiger partial charge in [0.05, 0.1) is 5.39 Å². The Morgan fingerprint density at radius 2 is 1.88 bits per heavy atom. The molecule has 0 radical (unpaired) electrons. The Morgan fingerprint density at radius 1 is 1.12 bits per heavy atom. The minimum atomic E-state index is -0.243. The molecule has 0 bridgehead atoms. The summed E-state index contributed by atoms with van der Waals surface area (Å²) in [6, 6.07) is 13.4. The van der Waals surface area contributed by atoms with Crippen molar-refractivity contribution in [3.8, 4) is 18.0 Å². The second kappa shape index (κ2) is 5.91. The van der Waals surface area contributed by atoms with Crippen LogP contribution in [0, 0.1) is 12.3 Å². The number of pyridine rings is 1. The third-order valence-electron chi connectivity index (χ3n) is 5.03. The molecular weight excluding hydrogens is 308 g/mol. The molecule has 4 rings (SSSR count). The fraction of sp³-hybridized carbons (Fsp3) is 0.227. The average molecular weight is 328 g/mol. The number of hydrogen-bond donors (Lipinski definition) is 1. The number of nitrogens with zero attached hydrogens (tertiary/aromatic N) is 1. The lowest BCUT2D eigenvalue weighted by atomic mass is 9.85. The number of benzene rings is 2. The quantitative estimate of drug-likeness (QED) is 0.732. The van der Waals surface area contributed by atoms with Crippen molar-refractivity contribution in [2.24, 2.45) is 5.73 Å². The van der Waals surface area contributed by atoms with Crippen LogP contribution in [0.5, 0.6) is 0 Å². The van der Waals surface area contributed by atoms with Gasteiger partial charge in [-0.25, -0.2) is 0 Å². The van der Waals surface area contributed by atoms with Crippen molar-refractivity contribution in [1.29, 1.82) is 0 Å². The highest BCUT2D eigenvalue weighted by Crippen LogP contribution is 2.34. The zero-order valence-corrected chi connectivity index (χ0v) is 14.3. The third kappa shape index (κ3) is 2.30. The van der Waals surface area contributed by atoms with Gasteiger partial charge in [-0.3, -0.25) is 9.36 Å². The molecule has 0 spiro atoms. The fourth-order valence-corrected chi connectivity index (χ4v) is 4.05. The van der Waals surface area contributed by atoms with Crippen LogP contribution in [0.2, 0.25) is 0 Å². The molecule has 1 aliphatic rings. The van der Waals surface area contributed by atoms with E-state index in [9.17, 15) is 4.79 Å². The molecule has 124 valence electrons. The van der Waals surface area contributed by atoms with Crippen LogP contribution in [0.15, 0.2) is 47.3 Å². The molecule has 1 atom stereocenters. The standard InChI is InChI=1S/C22H20N2O/c1-3-15-12-13-16-8-7-11-18-19(16)20(15)22(25)24(21(18)14(2)23)17-9-5-4-6-10-17/h1,4-6,9-10,12-14H,7-8,11,23H2,2H3. The minimum absolute atomic E-state index is 0.0750. The van der Waals surface area contributed by atoms with E-state index in [2.05, 4.69) is 12.0 Å². The predicted molar refractivity (Wildman–Crippen MR) is 102 cm³/mol. The van der Waals surface area contributed by atoms with Gasteiger partial charge in [-0.05, 0) is 60.9 Å². The Morgan fingerprint density at radius 3 is 2.56 bits per heavy atom. The first-order chi connectivity index (χ1) is 12.1. The number of aryl methyl sites for hydroxylation is 2. The Labute approximate surface area is 147 Å². The fourth-order valence-electron chi connectivity index (χ4n) is 4.05. The molecule has 0 fully saturated rings. The van der Waals surface area contributed by atoms with Crippen molar-refractivity contribution in [1.82, 2.24) is 4.57 Å². The van der Waals surface area contributed by atoms with E-state index in [-0.39, 0.29) is 11.6 Å². The first kappa shape index (κ1) is 15.7. The highest BCUT2D eigenvalue weighted by atomic mass is 16.1. The van der Waals surface area contributed by atoms with Gasteiger partial charge in [-0.2, -0.15) is 0 Å². The number of para-hydroxylation sites is 1. The molecule has 0 saturated heterocycles. The van der Waals surface area contributed by atoms with E-state index in [0.717, 1.165) is 36.0 Å². The molecule has 2 N–H and O–H groups in total. The van der Waals surface area contributed by atoms with E-state index < -0.39 is 0 Å². The smallest absolute Gasteiger partial charge is 0.264 e. The van der Waals surface area contributed by atoms with Gasteiger partial charge < -0.3 is 5.73 Å². The number of nitrogens with two attached hydrogens (primary N) is 1. The summed E-state index contributed by atoms with van der Waals surface area (Å²) in [4.78, 5) is 13.5.